The highest BCUT2D eigenvalue weighted by Gasteiger charge is 2.19. The molecule has 0 aliphatic heterocycles. The van der Waals surface area contributed by atoms with E-state index in [-0.39, 0.29) is 9.52 Å². The van der Waals surface area contributed by atoms with Crippen LogP contribution in [0.3, 0.4) is 0 Å². The van der Waals surface area contributed by atoms with Crippen LogP contribution in [0.25, 0.3) is 11.4 Å². The maximum Gasteiger partial charge on any atom is 0.107 e. The first-order valence-electron chi connectivity index (χ1n) is 17.4. The molecule has 3 rings (SSSR count). The molecule has 2 atom stereocenters. The fourth-order valence-electron chi connectivity index (χ4n) is 6.01. The van der Waals surface area contributed by atoms with E-state index in [9.17, 15) is 0 Å². The highest BCUT2D eigenvalue weighted by molar-refractivity contribution is 6.52. The Morgan fingerprint density at radius 1 is 0.725 bits per heavy atom. The molecule has 3 nitrogen and oxygen atoms in total. The van der Waals surface area contributed by atoms with Gasteiger partial charge in [-0.2, -0.15) is 0 Å². The van der Waals surface area contributed by atoms with E-state index in [1.54, 1.807) is 0 Å². The van der Waals surface area contributed by atoms with Gasteiger partial charge >= 0.3 is 0 Å². The van der Waals surface area contributed by atoms with Gasteiger partial charge in [-0.3, -0.25) is 15.0 Å². The monoisotopic (exact) mass is 563 g/mol. The highest BCUT2D eigenvalue weighted by Crippen LogP contribution is 2.34. The van der Waals surface area contributed by atoms with E-state index < -0.39 is 0 Å². The number of hydrogen-bond donors (Lipinski definition) is 0. The summed E-state index contributed by atoms with van der Waals surface area (Å²) in [7, 11) is -0.384. The fourth-order valence-corrected chi connectivity index (χ4v) is 7.61. The Morgan fingerprint density at radius 2 is 1.40 bits per heavy atom. The van der Waals surface area contributed by atoms with E-state index >= 15 is 0 Å². The van der Waals surface area contributed by atoms with E-state index in [4.69, 9.17) is 9.97 Å². The van der Waals surface area contributed by atoms with Gasteiger partial charge in [-0.05, 0) is 42.2 Å². The Labute approximate surface area is 250 Å². The van der Waals surface area contributed by atoms with Crippen LogP contribution in [-0.2, 0) is 6.42 Å². The molecule has 2 heterocycles. The topological polar surface area (TPSA) is 38.7 Å². The van der Waals surface area contributed by atoms with Crippen LogP contribution in [0.1, 0.15) is 148 Å². The van der Waals surface area contributed by atoms with Crippen molar-refractivity contribution >= 4 is 14.8 Å². The van der Waals surface area contributed by atoms with Gasteiger partial charge in [-0.1, -0.05) is 148 Å². The number of nitrogens with zero attached hydrogens (tertiary/aromatic N) is 3. The lowest BCUT2D eigenvalue weighted by atomic mass is 9.96. The fraction of sp³-hybridized carbons (Fsp3) is 0.750. The van der Waals surface area contributed by atoms with Gasteiger partial charge in [0, 0.05) is 17.7 Å². The van der Waals surface area contributed by atoms with E-state index in [0.717, 1.165) is 35.6 Å². The third-order valence-electron chi connectivity index (χ3n) is 9.13. The number of aryl methyl sites for hydroxylation is 1. The summed E-state index contributed by atoms with van der Waals surface area (Å²) >= 11 is 0. The quantitative estimate of drug-likeness (QED) is 0.0942. The molecule has 2 aromatic rings. The summed E-state index contributed by atoms with van der Waals surface area (Å²) in [5, 5.41) is 1.24. The summed E-state index contributed by atoms with van der Waals surface area (Å²) in [5.74, 6) is 2.83. The second-order valence-corrected chi connectivity index (χ2v) is 15.1. The van der Waals surface area contributed by atoms with Gasteiger partial charge in [0.2, 0.25) is 0 Å². The van der Waals surface area contributed by atoms with Gasteiger partial charge < -0.3 is 0 Å². The predicted molar refractivity (Wildman–Crippen MR) is 177 cm³/mol. The van der Waals surface area contributed by atoms with Gasteiger partial charge in [-0.25, -0.2) is 0 Å². The third kappa shape index (κ3) is 14.9. The molecule has 0 saturated heterocycles. The Hall–Kier alpha value is -1.55. The molecule has 1 fully saturated rings. The summed E-state index contributed by atoms with van der Waals surface area (Å²) in [6, 6.07) is 5.73. The zero-order chi connectivity index (χ0) is 28.3. The smallest absolute Gasteiger partial charge is 0.107 e. The van der Waals surface area contributed by atoms with Crippen LogP contribution in [0.15, 0.2) is 30.7 Å². The van der Waals surface area contributed by atoms with Crippen molar-refractivity contribution in [1.82, 2.24) is 15.0 Å². The maximum absolute atomic E-state index is 4.97. The number of hydrogen-bond acceptors (Lipinski definition) is 3. The SMILES string of the molecule is CCCCCC(C)CCCCCC(C)C[SiH2]c1cncc(-c2ccc(CCCCCCCCCC3CC3)cn2)n1. The summed E-state index contributed by atoms with van der Waals surface area (Å²) in [6.07, 6.45) is 34.0. The summed E-state index contributed by atoms with van der Waals surface area (Å²) in [6.45, 7) is 7.19. The lowest BCUT2D eigenvalue weighted by Gasteiger charge is -2.13. The van der Waals surface area contributed by atoms with Crippen LogP contribution in [0.2, 0.25) is 6.04 Å². The molecule has 2 aromatic heterocycles. The largest absolute Gasteiger partial charge is 0.261 e. The average molecular weight is 564 g/mol. The second kappa shape index (κ2) is 20.3. The first kappa shape index (κ1) is 33.0. The Balaban J connectivity index is 1.25. The molecule has 224 valence electrons. The van der Waals surface area contributed by atoms with Gasteiger partial charge in [-0.15, -0.1) is 0 Å². The number of rotatable bonds is 24. The van der Waals surface area contributed by atoms with Crippen LogP contribution < -0.4 is 5.32 Å². The zero-order valence-corrected chi connectivity index (χ0v) is 27.9. The van der Waals surface area contributed by atoms with Crippen LogP contribution in [0.5, 0.6) is 0 Å². The third-order valence-corrected chi connectivity index (χ3v) is 11.3. The second-order valence-electron chi connectivity index (χ2n) is 13.3. The van der Waals surface area contributed by atoms with Crippen molar-refractivity contribution in [3.63, 3.8) is 0 Å². The Kier molecular flexibility index (Phi) is 16.8. The lowest BCUT2D eigenvalue weighted by Crippen LogP contribution is -2.21. The normalized spacial score (nSPS) is 15.2. The molecule has 1 aliphatic rings. The van der Waals surface area contributed by atoms with Crippen molar-refractivity contribution < 1.29 is 0 Å². The summed E-state index contributed by atoms with van der Waals surface area (Å²) < 4.78 is 0. The molecule has 0 bridgehead atoms. The van der Waals surface area contributed by atoms with E-state index in [1.807, 2.05) is 12.4 Å². The summed E-state index contributed by atoms with van der Waals surface area (Å²) in [5.41, 5.74) is 3.26. The minimum Gasteiger partial charge on any atom is -0.261 e. The molecule has 40 heavy (non-hydrogen) atoms. The van der Waals surface area contributed by atoms with Gasteiger partial charge in [0.15, 0.2) is 0 Å². The average Bonchev–Trinajstić information content (AvgIpc) is 3.80. The molecule has 2 unspecified atom stereocenters. The zero-order valence-electron chi connectivity index (χ0n) is 26.5. The van der Waals surface area contributed by atoms with Crippen molar-refractivity contribution in [2.24, 2.45) is 17.8 Å². The van der Waals surface area contributed by atoms with Crippen molar-refractivity contribution in [2.75, 3.05) is 0 Å². The molecule has 0 N–H and O–H groups in total. The van der Waals surface area contributed by atoms with E-state index in [2.05, 4.69) is 44.1 Å². The minimum absolute atomic E-state index is 0.384. The van der Waals surface area contributed by atoms with Crippen LogP contribution in [0.4, 0.5) is 0 Å². The first-order valence-corrected chi connectivity index (χ1v) is 19.1. The molecular formula is C36H61N3Si. The maximum atomic E-state index is 4.97. The van der Waals surface area contributed by atoms with Gasteiger partial charge in [0.1, 0.15) is 5.69 Å². The van der Waals surface area contributed by atoms with Crippen LogP contribution >= 0.6 is 0 Å². The molecule has 0 amide bonds. The van der Waals surface area contributed by atoms with Crippen molar-refractivity contribution in [3.8, 4) is 11.4 Å². The molecule has 0 spiro atoms. The lowest BCUT2D eigenvalue weighted by molar-refractivity contribution is 0.430. The van der Waals surface area contributed by atoms with Gasteiger partial charge in [0.05, 0.1) is 21.4 Å². The highest BCUT2D eigenvalue weighted by atomic mass is 28.2. The van der Waals surface area contributed by atoms with Crippen molar-refractivity contribution in [3.05, 3.63) is 36.3 Å². The van der Waals surface area contributed by atoms with Crippen LogP contribution in [0, 0.1) is 17.8 Å². The minimum atomic E-state index is -0.384. The standard InChI is InChI=1S/C36H61N3Si/c1-4-5-12-17-30(2)18-13-11-14-19-31(3)29-40-36-28-37-27-35(39-36)34-25-24-33(26-38-34)21-16-10-8-6-7-9-15-20-32-22-23-32/h24-28,30-32H,4-23,29,40H2,1-3H3. The molecule has 4 heteroatoms. The number of aromatic nitrogens is 3. The Bertz CT molecular complexity index is 895. The van der Waals surface area contributed by atoms with Crippen molar-refractivity contribution in [1.29, 1.82) is 0 Å². The summed E-state index contributed by atoms with van der Waals surface area (Å²) in [4.78, 5) is 14.3. The van der Waals surface area contributed by atoms with E-state index in [1.165, 1.54) is 139 Å². The predicted octanol–water partition coefficient (Wildman–Crippen LogP) is 9.63. The van der Waals surface area contributed by atoms with E-state index in [0.29, 0.717) is 0 Å². The first-order chi connectivity index (χ1) is 19.6. The van der Waals surface area contributed by atoms with Crippen LogP contribution in [-0.4, -0.2) is 24.5 Å². The van der Waals surface area contributed by atoms with Crippen molar-refractivity contribution in [2.45, 2.75) is 155 Å². The molecule has 1 aliphatic carbocycles. The molecule has 0 radical (unpaired) electrons. The molecule has 1 saturated carbocycles. The molecule has 0 aromatic carbocycles. The number of pyridine rings is 1. The molecular weight excluding hydrogens is 503 g/mol. The van der Waals surface area contributed by atoms with Gasteiger partial charge in [0.25, 0.3) is 0 Å². The Morgan fingerprint density at radius 3 is 2.10 bits per heavy atom. The number of unbranched alkanes of at least 4 members (excludes halogenated alkanes) is 10.